The van der Waals surface area contributed by atoms with Crippen molar-refractivity contribution in [1.29, 1.82) is 0 Å². The Morgan fingerprint density at radius 3 is 2.56 bits per heavy atom. The third kappa shape index (κ3) is 5.19. The molecule has 2 aromatic rings. The average Bonchev–Trinajstić information content (AvgIpc) is 3.10. The summed E-state index contributed by atoms with van der Waals surface area (Å²) < 4.78 is 13.1. The summed E-state index contributed by atoms with van der Waals surface area (Å²) in [4.78, 5) is 25.6. The summed E-state index contributed by atoms with van der Waals surface area (Å²) >= 11 is 0. The Hall–Kier alpha value is -2.67. The summed E-state index contributed by atoms with van der Waals surface area (Å²) in [5, 5.41) is 8.01. The largest absolute Gasteiger partial charge is 0.462 e. The van der Waals surface area contributed by atoms with E-state index in [2.05, 4.69) is 26.1 Å². The number of carbonyl (C=O) groups excluding carboxylic acids is 2. The van der Waals surface area contributed by atoms with Crippen LogP contribution in [0.2, 0.25) is 0 Å². The highest BCUT2D eigenvalue weighted by molar-refractivity contribution is 5.95. The summed E-state index contributed by atoms with van der Waals surface area (Å²) in [6, 6.07) is 7.57. The number of ether oxygens (including phenoxy) is 2. The minimum absolute atomic E-state index is 0.0107. The van der Waals surface area contributed by atoms with Gasteiger partial charge in [-0.2, -0.15) is 5.10 Å². The summed E-state index contributed by atoms with van der Waals surface area (Å²) in [6.45, 7) is 11.3. The number of aromatic nitrogens is 2. The first kappa shape index (κ1) is 24.5. The second kappa shape index (κ2) is 9.90. The summed E-state index contributed by atoms with van der Waals surface area (Å²) in [5.41, 5.74) is 4.11. The number of fused-ring (bicyclic) bond motifs is 1. The van der Waals surface area contributed by atoms with Crippen molar-refractivity contribution in [2.24, 2.45) is 10.8 Å². The van der Waals surface area contributed by atoms with E-state index in [1.165, 1.54) is 5.56 Å². The van der Waals surface area contributed by atoms with Gasteiger partial charge in [-0.25, -0.2) is 4.79 Å². The molecule has 0 atom stereocenters. The molecule has 184 valence electrons. The molecule has 4 rings (SSSR count). The first-order valence-corrected chi connectivity index (χ1v) is 12.5. The van der Waals surface area contributed by atoms with Crippen molar-refractivity contribution >= 4 is 11.9 Å². The standard InChI is InChI=1S/C27H37N3O4/c1-5-19-7-9-20(10-8-19)25(32)34-18-26(3,4)16-22-21-15-27(11-13-33-14-12-27)17-28-24(31)23(21)30(6-2)29-22/h7-10H,5-6,11-18H2,1-4H3,(H,28,31). The minimum atomic E-state index is -0.328. The van der Waals surface area contributed by atoms with Gasteiger partial charge in [-0.3, -0.25) is 9.48 Å². The van der Waals surface area contributed by atoms with Crippen LogP contribution in [0, 0.1) is 10.8 Å². The first-order chi connectivity index (χ1) is 16.3. The number of rotatable bonds is 7. The fourth-order valence-electron chi connectivity index (χ4n) is 5.03. The Labute approximate surface area is 202 Å². The highest BCUT2D eigenvalue weighted by atomic mass is 16.5. The Morgan fingerprint density at radius 1 is 1.21 bits per heavy atom. The van der Waals surface area contributed by atoms with Crippen molar-refractivity contribution in [2.45, 2.75) is 66.3 Å². The highest BCUT2D eigenvalue weighted by Crippen LogP contribution is 2.38. The number of nitrogens with one attached hydrogen (secondary N) is 1. The average molecular weight is 468 g/mol. The molecular formula is C27H37N3O4. The van der Waals surface area contributed by atoms with Crippen LogP contribution in [0.5, 0.6) is 0 Å². The van der Waals surface area contributed by atoms with Gasteiger partial charge in [-0.15, -0.1) is 0 Å². The molecule has 0 aliphatic carbocycles. The number of esters is 1. The maximum atomic E-state index is 13.0. The number of nitrogens with zero attached hydrogens (tertiary/aromatic N) is 2. The lowest BCUT2D eigenvalue weighted by molar-refractivity contribution is 0.0159. The van der Waals surface area contributed by atoms with Crippen molar-refractivity contribution in [3.05, 3.63) is 52.3 Å². The minimum Gasteiger partial charge on any atom is -0.462 e. The van der Waals surface area contributed by atoms with E-state index in [0.717, 1.165) is 50.2 Å². The molecule has 1 aromatic heterocycles. The van der Waals surface area contributed by atoms with Gasteiger partial charge in [-0.05, 0) is 55.7 Å². The van der Waals surface area contributed by atoms with E-state index >= 15 is 0 Å². The summed E-state index contributed by atoms with van der Waals surface area (Å²) in [6.07, 6.45) is 4.25. The number of amides is 1. The normalized spacial score (nSPS) is 17.7. The van der Waals surface area contributed by atoms with E-state index in [9.17, 15) is 9.59 Å². The monoisotopic (exact) mass is 467 g/mol. The predicted molar refractivity (Wildman–Crippen MR) is 130 cm³/mol. The van der Waals surface area contributed by atoms with E-state index < -0.39 is 0 Å². The second-order valence-corrected chi connectivity index (χ2v) is 10.5. The SMILES string of the molecule is CCc1ccc(C(=O)OCC(C)(C)Cc2nn(CC)c3c2CC2(CCOCC2)CNC3=O)cc1. The molecule has 2 aliphatic heterocycles. The van der Waals surface area contributed by atoms with Gasteiger partial charge in [-0.1, -0.05) is 32.9 Å². The molecule has 2 aliphatic rings. The number of carbonyl (C=O) groups is 2. The third-order valence-electron chi connectivity index (χ3n) is 7.22. The van der Waals surface area contributed by atoms with Crippen LogP contribution in [0.1, 0.15) is 78.2 Å². The van der Waals surface area contributed by atoms with Crippen molar-refractivity contribution in [2.75, 3.05) is 26.4 Å². The van der Waals surface area contributed by atoms with Gasteiger partial charge in [0.05, 0.1) is 17.9 Å². The van der Waals surface area contributed by atoms with E-state index in [4.69, 9.17) is 14.6 Å². The van der Waals surface area contributed by atoms with Gasteiger partial charge < -0.3 is 14.8 Å². The van der Waals surface area contributed by atoms with E-state index in [1.807, 2.05) is 35.9 Å². The van der Waals surface area contributed by atoms with Crippen LogP contribution in [0.15, 0.2) is 24.3 Å². The van der Waals surface area contributed by atoms with Crippen LogP contribution in [-0.4, -0.2) is 48.0 Å². The molecule has 1 spiro atoms. The molecule has 7 nitrogen and oxygen atoms in total. The van der Waals surface area contributed by atoms with E-state index in [-0.39, 0.29) is 29.3 Å². The van der Waals surface area contributed by atoms with Crippen molar-refractivity contribution < 1.29 is 19.1 Å². The molecule has 1 fully saturated rings. The highest BCUT2D eigenvalue weighted by Gasteiger charge is 2.40. The molecule has 1 N–H and O–H groups in total. The molecule has 1 saturated heterocycles. The van der Waals surface area contributed by atoms with Crippen molar-refractivity contribution in [3.63, 3.8) is 0 Å². The topological polar surface area (TPSA) is 82.4 Å². The molecule has 0 saturated carbocycles. The van der Waals surface area contributed by atoms with Crippen LogP contribution < -0.4 is 5.32 Å². The lowest BCUT2D eigenvalue weighted by Gasteiger charge is -2.36. The van der Waals surface area contributed by atoms with Crippen LogP contribution in [0.25, 0.3) is 0 Å². The van der Waals surface area contributed by atoms with Crippen LogP contribution in [0.3, 0.4) is 0 Å². The van der Waals surface area contributed by atoms with Gasteiger partial charge in [0.25, 0.3) is 5.91 Å². The zero-order valence-corrected chi connectivity index (χ0v) is 20.9. The Bertz CT molecular complexity index is 1030. The van der Waals surface area contributed by atoms with Gasteiger partial charge in [0.15, 0.2) is 0 Å². The zero-order valence-electron chi connectivity index (χ0n) is 20.9. The van der Waals surface area contributed by atoms with Crippen molar-refractivity contribution in [1.82, 2.24) is 15.1 Å². The molecule has 34 heavy (non-hydrogen) atoms. The Kier molecular flexibility index (Phi) is 7.12. The number of hydrogen-bond acceptors (Lipinski definition) is 5. The molecule has 3 heterocycles. The Morgan fingerprint density at radius 2 is 1.91 bits per heavy atom. The van der Waals surface area contributed by atoms with Crippen LogP contribution in [-0.2, 0) is 35.3 Å². The lowest BCUT2D eigenvalue weighted by atomic mass is 9.74. The molecular weight excluding hydrogens is 430 g/mol. The molecule has 1 amide bonds. The molecule has 1 aromatic carbocycles. The van der Waals surface area contributed by atoms with Gasteiger partial charge in [0, 0.05) is 43.7 Å². The van der Waals surface area contributed by atoms with E-state index in [0.29, 0.717) is 30.8 Å². The third-order valence-corrected chi connectivity index (χ3v) is 7.22. The number of hydrogen-bond donors (Lipinski definition) is 1. The fraction of sp³-hybridized carbons (Fsp3) is 0.593. The smallest absolute Gasteiger partial charge is 0.338 e. The van der Waals surface area contributed by atoms with Gasteiger partial charge >= 0.3 is 5.97 Å². The quantitative estimate of drug-likeness (QED) is 0.623. The predicted octanol–water partition coefficient (Wildman–Crippen LogP) is 3.97. The molecule has 0 unspecified atom stereocenters. The maximum absolute atomic E-state index is 13.0. The van der Waals surface area contributed by atoms with Gasteiger partial charge in [0.2, 0.25) is 0 Å². The van der Waals surface area contributed by atoms with Crippen LogP contribution in [0.4, 0.5) is 0 Å². The molecule has 0 bridgehead atoms. The molecule has 0 radical (unpaired) electrons. The van der Waals surface area contributed by atoms with E-state index in [1.54, 1.807) is 0 Å². The van der Waals surface area contributed by atoms with Gasteiger partial charge in [0.1, 0.15) is 5.69 Å². The lowest BCUT2D eigenvalue weighted by Crippen LogP contribution is -2.40. The maximum Gasteiger partial charge on any atom is 0.338 e. The number of benzene rings is 1. The van der Waals surface area contributed by atoms with Crippen LogP contribution >= 0.6 is 0 Å². The first-order valence-electron chi connectivity index (χ1n) is 12.5. The Balaban J connectivity index is 1.52. The summed E-state index contributed by atoms with van der Waals surface area (Å²) in [5.74, 6) is -0.354. The number of aryl methyl sites for hydroxylation is 2. The molecule has 7 heteroatoms. The second-order valence-electron chi connectivity index (χ2n) is 10.5. The summed E-state index contributed by atoms with van der Waals surface area (Å²) in [7, 11) is 0. The fourth-order valence-corrected chi connectivity index (χ4v) is 5.03. The zero-order chi connectivity index (χ0) is 24.3. The van der Waals surface area contributed by atoms with Crippen molar-refractivity contribution in [3.8, 4) is 0 Å².